The van der Waals surface area contributed by atoms with Gasteiger partial charge in [0.2, 0.25) is 0 Å². The Morgan fingerprint density at radius 3 is 0.970 bits per heavy atom. The molecule has 0 aromatic heterocycles. The van der Waals surface area contributed by atoms with Crippen molar-refractivity contribution in [3.05, 3.63) is 85.1 Å². The van der Waals surface area contributed by atoms with E-state index in [1.165, 1.54) is 122 Å². The topological polar surface area (TPSA) is 78.9 Å². The van der Waals surface area contributed by atoms with E-state index in [1.807, 2.05) is 0 Å². The fourth-order valence-electron chi connectivity index (χ4n) is 7.56. The van der Waals surface area contributed by atoms with Crippen LogP contribution in [0.25, 0.3) is 0 Å². The Labute approximate surface area is 407 Å². The van der Waals surface area contributed by atoms with Crippen molar-refractivity contribution in [1.29, 1.82) is 0 Å². The first-order valence-corrected chi connectivity index (χ1v) is 27.7. The van der Waals surface area contributed by atoms with Gasteiger partial charge in [-0.3, -0.25) is 14.4 Å². The second-order valence-corrected chi connectivity index (χ2v) is 18.2. The van der Waals surface area contributed by atoms with Crippen molar-refractivity contribution < 1.29 is 28.6 Å². The minimum Gasteiger partial charge on any atom is -0.462 e. The summed E-state index contributed by atoms with van der Waals surface area (Å²) in [5.41, 5.74) is 0. The van der Waals surface area contributed by atoms with Gasteiger partial charge in [-0.15, -0.1) is 0 Å². The molecular weight excluding hydrogens is 817 g/mol. The van der Waals surface area contributed by atoms with Crippen molar-refractivity contribution in [2.24, 2.45) is 0 Å². The van der Waals surface area contributed by atoms with Gasteiger partial charge in [-0.1, -0.05) is 234 Å². The number of unbranched alkanes of at least 4 members (excludes halogenated alkanes) is 28. The fourth-order valence-corrected chi connectivity index (χ4v) is 7.56. The zero-order valence-corrected chi connectivity index (χ0v) is 43.2. The van der Waals surface area contributed by atoms with E-state index in [1.54, 1.807) is 0 Å². The number of ether oxygens (including phenoxy) is 3. The molecule has 0 saturated heterocycles. The van der Waals surface area contributed by atoms with Gasteiger partial charge in [-0.25, -0.2) is 0 Å². The summed E-state index contributed by atoms with van der Waals surface area (Å²) in [6.07, 6.45) is 69.9. The van der Waals surface area contributed by atoms with Crippen molar-refractivity contribution >= 4 is 17.9 Å². The van der Waals surface area contributed by atoms with Crippen molar-refractivity contribution in [3.63, 3.8) is 0 Å². The summed E-state index contributed by atoms with van der Waals surface area (Å²) in [6, 6.07) is 0. The van der Waals surface area contributed by atoms with Crippen LogP contribution in [0.15, 0.2) is 85.1 Å². The molecular formula is C60H102O6. The van der Waals surface area contributed by atoms with E-state index in [-0.39, 0.29) is 31.1 Å². The Morgan fingerprint density at radius 1 is 0.318 bits per heavy atom. The van der Waals surface area contributed by atoms with Crippen molar-refractivity contribution in [2.75, 3.05) is 13.2 Å². The van der Waals surface area contributed by atoms with Gasteiger partial charge in [0.15, 0.2) is 6.10 Å². The number of carbonyl (C=O) groups excluding carboxylic acids is 3. The van der Waals surface area contributed by atoms with E-state index in [9.17, 15) is 14.4 Å². The lowest BCUT2D eigenvalue weighted by Crippen LogP contribution is -2.30. The highest BCUT2D eigenvalue weighted by molar-refractivity contribution is 5.71. The second-order valence-electron chi connectivity index (χ2n) is 18.2. The molecule has 0 bridgehead atoms. The normalized spacial score (nSPS) is 12.7. The lowest BCUT2D eigenvalue weighted by Gasteiger charge is -2.18. The van der Waals surface area contributed by atoms with Crippen LogP contribution in [0.3, 0.4) is 0 Å². The zero-order chi connectivity index (χ0) is 47.9. The van der Waals surface area contributed by atoms with Crippen molar-refractivity contribution in [2.45, 2.75) is 264 Å². The molecule has 0 saturated carbocycles. The molecule has 1 atom stereocenters. The van der Waals surface area contributed by atoms with Gasteiger partial charge in [-0.05, 0) is 89.9 Å². The first kappa shape index (κ1) is 62.6. The molecule has 0 heterocycles. The summed E-state index contributed by atoms with van der Waals surface area (Å²) in [7, 11) is 0. The van der Waals surface area contributed by atoms with E-state index < -0.39 is 6.10 Å². The molecule has 0 rings (SSSR count). The largest absolute Gasteiger partial charge is 0.462 e. The van der Waals surface area contributed by atoms with Crippen LogP contribution in [0, 0.1) is 0 Å². The summed E-state index contributed by atoms with van der Waals surface area (Å²) >= 11 is 0. The summed E-state index contributed by atoms with van der Waals surface area (Å²) in [6.45, 7) is 6.46. The smallest absolute Gasteiger partial charge is 0.306 e. The highest BCUT2D eigenvalue weighted by Crippen LogP contribution is 2.14. The van der Waals surface area contributed by atoms with Gasteiger partial charge in [0.1, 0.15) is 13.2 Å². The van der Waals surface area contributed by atoms with Gasteiger partial charge in [0.25, 0.3) is 0 Å². The van der Waals surface area contributed by atoms with Crippen molar-refractivity contribution in [3.8, 4) is 0 Å². The summed E-state index contributed by atoms with van der Waals surface area (Å²) in [5.74, 6) is -0.924. The third-order valence-electron chi connectivity index (χ3n) is 11.7. The van der Waals surface area contributed by atoms with E-state index in [0.29, 0.717) is 19.3 Å². The Balaban J connectivity index is 4.45. The van der Waals surface area contributed by atoms with Crippen LogP contribution in [0.5, 0.6) is 0 Å². The lowest BCUT2D eigenvalue weighted by atomic mass is 10.1. The maximum absolute atomic E-state index is 12.8. The van der Waals surface area contributed by atoms with Crippen LogP contribution in [-0.4, -0.2) is 37.2 Å². The quantitative estimate of drug-likeness (QED) is 0.0199. The summed E-state index contributed by atoms with van der Waals surface area (Å²) in [4.78, 5) is 38.1. The molecule has 0 amide bonds. The fraction of sp³-hybridized carbons (Fsp3) is 0.717. The molecule has 0 aliphatic heterocycles. The summed E-state index contributed by atoms with van der Waals surface area (Å²) in [5, 5.41) is 0. The third kappa shape index (κ3) is 51.6. The molecule has 0 radical (unpaired) electrons. The molecule has 0 aromatic rings. The van der Waals surface area contributed by atoms with Crippen LogP contribution in [0.4, 0.5) is 0 Å². The minimum atomic E-state index is -0.794. The number of carbonyl (C=O) groups is 3. The predicted octanol–water partition coefficient (Wildman–Crippen LogP) is 18.4. The van der Waals surface area contributed by atoms with Crippen LogP contribution in [0.1, 0.15) is 258 Å². The van der Waals surface area contributed by atoms with Crippen LogP contribution >= 0.6 is 0 Å². The summed E-state index contributed by atoms with van der Waals surface area (Å²) < 4.78 is 16.8. The molecule has 0 N–H and O–H groups in total. The molecule has 66 heavy (non-hydrogen) atoms. The van der Waals surface area contributed by atoms with Gasteiger partial charge in [0.05, 0.1) is 0 Å². The number of rotatable bonds is 49. The maximum atomic E-state index is 12.8. The molecule has 0 spiro atoms. The first-order valence-electron chi connectivity index (χ1n) is 27.7. The average Bonchev–Trinajstić information content (AvgIpc) is 3.31. The number of esters is 3. The number of hydrogen-bond donors (Lipinski definition) is 0. The molecule has 0 aromatic carbocycles. The molecule has 0 fully saturated rings. The van der Waals surface area contributed by atoms with Crippen LogP contribution < -0.4 is 0 Å². The average molecular weight is 919 g/mol. The van der Waals surface area contributed by atoms with Crippen LogP contribution in [-0.2, 0) is 28.6 Å². The van der Waals surface area contributed by atoms with Crippen molar-refractivity contribution in [1.82, 2.24) is 0 Å². The Hall–Kier alpha value is -3.41. The minimum absolute atomic E-state index is 0.0907. The molecule has 0 aliphatic carbocycles. The van der Waals surface area contributed by atoms with Gasteiger partial charge in [-0.2, -0.15) is 0 Å². The molecule has 1 unspecified atom stereocenters. The Kier molecular flexibility index (Phi) is 51.4. The maximum Gasteiger partial charge on any atom is 0.306 e. The van der Waals surface area contributed by atoms with Gasteiger partial charge < -0.3 is 14.2 Å². The molecule has 6 heteroatoms. The molecule has 378 valence electrons. The zero-order valence-electron chi connectivity index (χ0n) is 43.2. The molecule has 6 nitrogen and oxygen atoms in total. The lowest BCUT2D eigenvalue weighted by molar-refractivity contribution is -0.167. The SMILES string of the molecule is CC\C=C/C=C\C=C/CCCCCCCCCC(=O)OC(COC(=O)CCCCCCC\C=C/C=C\C=C/CCCCCCC)COC(=O)CCCCCCCCC/C=C\CCCCCC. The van der Waals surface area contributed by atoms with E-state index in [0.717, 1.165) is 96.3 Å². The predicted molar refractivity (Wildman–Crippen MR) is 284 cm³/mol. The van der Waals surface area contributed by atoms with E-state index in [2.05, 4.69) is 106 Å². The highest BCUT2D eigenvalue weighted by atomic mass is 16.6. The monoisotopic (exact) mass is 919 g/mol. The van der Waals surface area contributed by atoms with E-state index in [4.69, 9.17) is 14.2 Å². The van der Waals surface area contributed by atoms with Gasteiger partial charge >= 0.3 is 17.9 Å². The van der Waals surface area contributed by atoms with E-state index >= 15 is 0 Å². The standard InChI is InChI=1S/C60H102O6/c1-4-7-10-13-16-19-22-25-28-29-30-33-35-38-41-44-47-50-53-59(62)65-56-57(66-60(63)54-51-48-45-42-39-36-32-27-24-21-18-15-12-9-6-3)55-64-58(61)52-49-46-43-40-37-34-31-26-23-20-17-14-11-8-5-2/h9,12,15,18,20-25,28-30,33,57H,4-8,10-11,13-14,16-17,19,26-27,31-32,34-56H2,1-3H3/b12-9-,18-15-,23-20-,24-21-,25-22-,29-28-,33-30-. The second kappa shape index (κ2) is 54.2. The molecule has 0 aliphatic rings. The van der Waals surface area contributed by atoms with Gasteiger partial charge in [0, 0.05) is 19.3 Å². The Morgan fingerprint density at radius 2 is 0.606 bits per heavy atom. The first-order chi connectivity index (χ1) is 32.5. The van der Waals surface area contributed by atoms with Crippen LogP contribution in [0.2, 0.25) is 0 Å². The number of allylic oxidation sites excluding steroid dienone is 14. The Bertz CT molecular complexity index is 1290. The highest BCUT2D eigenvalue weighted by Gasteiger charge is 2.19. The third-order valence-corrected chi connectivity index (χ3v) is 11.7. The number of hydrogen-bond acceptors (Lipinski definition) is 6.